The average Bonchev–Trinajstić information content (AvgIpc) is 2.84. The maximum atomic E-state index is 13.6. The molecule has 1 aliphatic carbocycles. The van der Waals surface area contributed by atoms with E-state index in [4.69, 9.17) is 21.1 Å². The van der Waals surface area contributed by atoms with E-state index in [1.807, 2.05) is 13.1 Å². The summed E-state index contributed by atoms with van der Waals surface area (Å²) in [5.74, 6) is 0.263. The molecule has 1 aromatic heterocycles. The zero-order valence-corrected chi connectivity index (χ0v) is 21.9. The van der Waals surface area contributed by atoms with E-state index in [2.05, 4.69) is 32.4 Å². The normalized spacial score (nSPS) is 14.6. The van der Waals surface area contributed by atoms with Crippen LogP contribution in [0, 0.1) is 5.82 Å². The van der Waals surface area contributed by atoms with E-state index in [0.717, 1.165) is 19.3 Å². The summed E-state index contributed by atoms with van der Waals surface area (Å²) in [4.78, 5) is 23.6. The van der Waals surface area contributed by atoms with Crippen molar-refractivity contribution >= 4 is 45.6 Å². The van der Waals surface area contributed by atoms with E-state index in [0.29, 0.717) is 47.0 Å². The molecule has 3 aromatic rings. The number of rotatable bonds is 11. The second kappa shape index (κ2) is 12.3. The molecule has 37 heavy (non-hydrogen) atoms. The number of hydrogen-bond acceptors (Lipinski definition) is 7. The molecule has 1 saturated carbocycles. The van der Waals surface area contributed by atoms with Gasteiger partial charge in [0.1, 0.15) is 23.7 Å². The second-order valence-electron chi connectivity index (χ2n) is 9.15. The third-order valence-corrected chi connectivity index (χ3v) is 6.64. The maximum absolute atomic E-state index is 13.6. The van der Waals surface area contributed by atoms with Crippen LogP contribution in [0.1, 0.15) is 26.2 Å². The van der Waals surface area contributed by atoms with Gasteiger partial charge in [0.2, 0.25) is 5.91 Å². The number of benzene rings is 2. The molecule has 1 unspecified atom stereocenters. The van der Waals surface area contributed by atoms with E-state index in [1.54, 1.807) is 25.3 Å². The van der Waals surface area contributed by atoms with E-state index in [1.165, 1.54) is 24.5 Å². The minimum Gasteiger partial charge on any atom is -0.488 e. The lowest BCUT2D eigenvalue weighted by Gasteiger charge is -2.27. The molecule has 4 rings (SSSR count). The van der Waals surface area contributed by atoms with Gasteiger partial charge in [-0.1, -0.05) is 17.7 Å². The topological polar surface area (TPSA) is 88.6 Å². The van der Waals surface area contributed by atoms with Gasteiger partial charge in [-0.05, 0) is 57.5 Å². The summed E-state index contributed by atoms with van der Waals surface area (Å²) >= 11 is 5.94. The highest BCUT2D eigenvalue weighted by Crippen LogP contribution is 2.36. The van der Waals surface area contributed by atoms with Crippen LogP contribution in [-0.4, -0.2) is 60.2 Å². The van der Waals surface area contributed by atoms with Gasteiger partial charge in [0.15, 0.2) is 0 Å². The van der Waals surface area contributed by atoms with Crippen LogP contribution in [0.3, 0.4) is 0 Å². The number of ether oxygens (including phenoxy) is 2. The van der Waals surface area contributed by atoms with Crippen molar-refractivity contribution in [2.45, 2.75) is 38.3 Å². The Kier molecular flexibility index (Phi) is 8.91. The number of nitrogens with zero attached hydrogens (tertiary/aromatic N) is 3. The lowest BCUT2D eigenvalue weighted by atomic mass is 9.96. The Morgan fingerprint density at radius 2 is 2.11 bits per heavy atom. The molecule has 2 aromatic carbocycles. The Morgan fingerprint density at radius 1 is 1.30 bits per heavy atom. The van der Waals surface area contributed by atoms with Gasteiger partial charge >= 0.3 is 0 Å². The molecule has 1 amide bonds. The van der Waals surface area contributed by atoms with E-state index in [9.17, 15) is 9.18 Å². The van der Waals surface area contributed by atoms with Gasteiger partial charge in [-0.3, -0.25) is 9.69 Å². The molecule has 1 heterocycles. The quantitative estimate of drug-likeness (QED) is 0.316. The summed E-state index contributed by atoms with van der Waals surface area (Å²) < 4.78 is 25.0. The number of halogens is 2. The molecule has 1 aliphatic rings. The Bertz CT molecular complexity index is 1280. The molecule has 0 aliphatic heterocycles. The number of carbonyl (C=O) groups excluding carboxylic acids is 1. The number of fused-ring (bicyclic) bond motifs is 1. The highest BCUT2D eigenvalue weighted by atomic mass is 35.5. The minimum absolute atomic E-state index is 0.00143. The van der Waals surface area contributed by atoms with Crippen LogP contribution in [0.2, 0.25) is 5.02 Å². The zero-order valence-electron chi connectivity index (χ0n) is 21.1. The Hall–Kier alpha value is -3.27. The van der Waals surface area contributed by atoms with Crippen LogP contribution < -0.4 is 15.4 Å². The monoisotopic (exact) mass is 527 g/mol. The summed E-state index contributed by atoms with van der Waals surface area (Å²) in [6, 6.07) is 8.15. The highest BCUT2D eigenvalue weighted by molar-refractivity contribution is 6.31. The Morgan fingerprint density at radius 3 is 2.81 bits per heavy atom. The third-order valence-electron chi connectivity index (χ3n) is 6.35. The largest absolute Gasteiger partial charge is 0.488 e. The first-order valence-electron chi connectivity index (χ1n) is 12.2. The number of amides is 1. The highest BCUT2D eigenvalue weighted by Gasteiger charge is 2.22. The first-order chi connectivity index (χ1) is 17.8. The molecular formula is C27H31ClFN5O3. The van der Waals surface area contributed by atoms with Crippen LogP contribution >= 0.6 is 11.6 Å². The lowest BCUT2D eigenvalue weighted by Crippen LogP contribution is -2.32. The number of carbonyl (C=O) groups is 1. The van der Waals surface area contributed by atoms with Gasteiger partial charge in [-0.2, -0.15) is 0 Å². The molecule has 0 saturated heterocycles. The van der Waals surface area contributed by atoms with Gasteiger partial charge in [0.25, 0.3) is 0 Å². The van der Waals surface area contributed by atoms with Crippen molar-refractivity contribution in [3.05, 3.63) is 59.7 Å². The fourth-order valence-electron chi connectivity index (χ4n) is 3.81. The molecular weight excluding hydrogens is 497 g/mol. The fourth-order valence-corrected chi connectivity index (χ4v) is 3.99. The van der Waals surface area contributed by atoms with Gasteiger partial charge in [-0.15, -0.1) is 0 Å². The summed E-state index contributed by atoms with van der Waals surface area (Å²) in [5.41, 5.74) is 1.73. The van der Waals surface area contributed by atoms with Crippen molar-refractivity contribution in [1.29, 1.82) is 0 Å². The van der Waals surface area contributed by atoms with Crippen LogP contribution in [0.25, 0.3) is 10.9 Å². The number of hydrogen-bond donors (Lipinski definition) is 2. The van der Waals surface area contributed by atoms with Gasteiger partial charge in [0.05, 0.1) is 28.9 Å². The number of methoxy groups -OCH3 is 1. The molecule has 1 atom stereocenters. The summed E-state index contributed by atoms with van der Waals surface area (Å²) in [7, 11) is 3.64. The van der Waals surface area contributed by atoms with Gasteiger partial charge in [-0.25, -0.2) is 14.4 Å². The predicted molar refractivity (Wildman–Crippen MR) is 144 cm³/mol. The van der Waals surface area contributed by atoms with Gasteiger partial charge < -0.3 is 20.1 Å². The zero-order chi connectivity index (χ0) is 26.4. The molecule has 196 valence electrons. The molecule has 1 fully saturated rings. The minimum atomic E-state index is -0.505. The molecule has 0 bridgehead atoms. The summed E-state index contributed by atoms with van der Waals surface area (Å²) in [6.07, 6.45) is 7.93. The second-order valence-corrected chi connectivity index (χ2v) is 9.56. The number of nitrogens with one attached hydrogen (secondary N) is 2. The van der Waals surface area contributed by atoms with E-state index in [-0.39, 0.29) is 23.1 Å². The van der Waals surface area contributed by atoms with Crippen molar-refractivity contribution in [3.8, 4) is 5.75 Å². The van der Waals surface area contributed by atoms with E-state index >= 15 is 0 Å². The first kappa shape index (κ1) is 26.8. The van der Waals surface area contributed by atoms with Crippen molar-refractivity contribution in [2.75, 3.05) is 37.9 Å². The van der Waals surface area contributed by atoms with Crippen LogP contribution in [0.15, 0.2) is 48.8 Å². The smallest absolute Gasteiger partial charge is 0.248 e. The average molecular weight is 528 g/mol. The van der Waals surface area contributed by atoms with Crippen molar-refractivity contribution < 1.29 is 18.7 Å². The molecule has 0 spiro atoms. The predicted octanol–water partition coefficient (Wildman–Crippen LogP) is 5.56. The summed E-state index contributed by atoms with van der Waals surface area (Å²) in [5, 5.41) is 6.77. The molecule has 0 radical (unpaired) electrons. The fraction of sp³-hybridized carbons (Fsp3) is 0.370. The van der Waals surface area contributed by atoms with E-state index < -0.39 is 5.82 Å². The summed E-state index contributed by atoms with van der Waals surface area (Å²) in [6.45, 7) is 3.27. The molecule has 2 N–H and O–H groups in total. The van der Waals surface area contributed by atoms with Crippen LogP contribution in [-0.2, 0) is 9.53 Å². The van der Waals surface area contributed by atoms with Crippen molar-refractivity contribution in [1.82, 2.24) is 14.9 Å². The standard InChI is InChI=1S/C27H31ClFN5O3/c1-17(15-36-3)34(2)11-5-8-26(35)33-24-13-20-23(14-25(24)37-19-6-4-7-19)30-16-31-27(20)32-18-9-10-22(29)21(28)12-18/h5,8-10,12-14,16-17,19H,4,6-7,11,15H2,1-3H3,(H,33,35)(H,30,31,32). The maximum Gasteiger partial charge on any atom is 0.248 e. The number of anilines is 3. The lowest BCUT2D eigenvalue weighted by molar-refractivity contribution is -0.111. The number of likely N-dealkylation sites (N-methyl/N-ethyl adjacent to an activating group) is 1. The van der Waals surface area contributed by atoms with Crippen molar-refractivity contribution in [3.63, 3.8) is 0 Å². The third kappa shape index (κ3) is 6.94. The van der Waals surface area contributed by atoms with Crippen LogP contribution in [0.4, 0.5) is 21.6 Å². The molecule has 10 heteroatoms. The molecule has 8 nitrogen and oxygen atoms in total. The van der Waals surface area contributed by atoms with Crippen LogP contribution in [0.5, 0.6) is 5.75 Å². The SMILES string of the molecule is COCC(C)N(C)CC=CC(=O)Nc1cc2c(Nc3ccc(F)c(Cl)c3)ncnc2cc1OC1CCC1. The first-order valence-corrected chi connectivity index (χ1v) is 12.6. The Labute approximate surface area is 220 Å². The van der Waals surface area contributed by atoms with Gasteiger partial charge in [0, 0.05) is 42.9 Å². The Balaban J connectivity index is 1.58. The number of aromatic nitrogens is 2. The van der Waals surface area contributed by atoms with Crippen molar-refractivity contribution in [2.24, 2.45) is 0 Å².